The van der Waals surface area contributed by atoms with Crippen molar-refractivity contribution in [1.82, 2.24) is 10.6 Å². The van der Waals surface area contributed by atoms with Crippen LogP contribution in [0, 0.1) is 0 Å². The molecule has 3 N–H and O–H groups in total. The molecule has 1 unspecified atom stereocenters. The number of aromatic amines is 1. The smallest absolute Gasteiger partial charge is 0.431 e. The Morgan fingerprint density at radius 2 is 1.85 bits per heavy atom. The molecule has 0 saturated carbocycles. The zero-order valence-electron chi connectivity index (χ0n) is 18.0. The second kappa shape index (κ2) is 9.09. The van der Waals surface area contributed by atoms with Gasteiger partial charge in [0.2, 0.25) is 17.5 Å². The Morgan fingerprint density at radius 3 is 2.48 bits per heavy atom. The lowest BCUT2D eigenvalue weighted by molar-refractivity contribution is -0.677. The highest BCUT2D eigenvalue weighted by Gasteiger charge is 2.40. The third-order valence-corrected chi connectivity index (χ3v) is 5.17. The van der Waals surface area contributed by atoms with E-state index in [-0.39, 0.29) is 30.5 Å². The van der Waals surface area contributed by atoms with Crippen molar-refractivity contribution < 1.29 is 28.3 Å². The van der Waals surface area contributed by atoms with Crippen LogP contribution in [0.5, 0.6) is 5.75 Å². The van der Waals surface area contributed by atoms with Crippen LogP contribution < -0.4 is 30.6 Å². The summed E-state index contributed by atoms with van der Waals surface area (Å²) in [5, 5.41) is 8.14. The first kappa shape index (κ1) is 22.0. The largest absolute Gasteiger partial charge is 0.497 e. The highest BCUT2D eigenvalue weighted by molar-refractivity contribution is 6.22. The van der Waals surface area contributed by atoms with E-state index in [1.807, 2.05) is 0 Å². The quantitative estimate of drug-likeness (QED) is 0.353. The maximum absolute atomic E-state index is 12.9. The van der Waals surface area contributed by atoms with Gasteiger partial charge in [0, 0.05) is 24.7 Å². The zero-order valence-corrected chi connectivity index (χ0v) is 18.0. The van der Waals surface area contributed by atoms with Crippen LogP contribution in [0.15, 0.2) is 57.8 Å². The van der Waals surface area contributed by atoms with Crippen LogP contribution in [0.4, 0.5) is 11.4 Å². The number of benzene rings is 2. The van der Waals surface area contributed by atoms with Crippen molar-refractivity contribution in [2.45, 2.75) is 25.9 Å². The van der Waals surface area contributed by atoms with E-state index in [1.54, 1.807) is 55.6 Å². The molecule has 4 rings (SSSR count). The number of carbonyl (C=O) groups excluding carboxylic acids is 3. The van der Waals surface area contributed by atoms with Gasteiger partial charge in [0.1, 0.15) is 5.75 Å². The topological polar surface area (TPSA) is 138 Å². The molecule has 2 aromatic carbocycles. The van der Waals surface area contributed by atoms with E-state index < -0.39 is 17.6 Å². The number of methoxy groups -OCH3 is 1. The van der Waals surface area contributed by atoms with E-state index in [1.165, 1.54) is 11.6 Å². The molecule has 0 spiro atoms. The van der Waals surface area contributed by atoms with Gasteiger partial charge in [0.25, 0.3) is 5.91 Å². The molecule has 2 heterocycles. The summed E-state index contributed by atoms with van der Waals surface area (Å²) in [4.78, 5) is 49.9. The molecule has 1 fully saturated rings. The Labute approximate surface area is 187 Å². The Hall–Kier alpha value is -4.25. The summed E-state index contributed by atoms with van der Waals surface area (Å²) in [5.41, 5.74) is 1.23. The van der Waals surface area contributed by atoms with E-state index in [0.29, 0.717) is 22.8 Å². The average molecular weight is 452 g/mol. The molecule has 1 saturated heterocycles. The summed E-state index contributed by atoms with van der Waals surface area (Å²) in [6, 6.07) is 12.5. The summed E-state index contributed by atoms with van der Waals surface area (Å²) in [6.07, 6.45) is -0.0510. The van der Waals surface area contributed by atoms with Gasteiger partial charge >= 0.3 is 11.3 Å². The lowest BCUT2D eigenvalue weighted by Gasteiger charge is -2.15. The zero-order chi connectivity index (χ0) is 23.5. The number of hydrogen-bond donors (Lipinski definition) is 3. The molecule has 1 aliphatic heterocycles. The number of nitrogens with zero attached hydrogens (tertiary/aromatic N) is 2. The molecule has 3 aromatic rings. The number of nitrogens with one attached hydrogen (secondary N) is 3. The minimum absolute atomic E-state index is 0.00312. The molecule has 170 valence electrons. The second-order valence-electron chi connectivity index (χ2n) is 7.39. The Kier molecular flexibility index (Phi) is 6.05. The summed E-state index contributed by atoms with van der Waals surface area (Å²) in [7, 11) is 1.55. The molecular formula is C22H22N5O6+. The minimum atomic E-state index is -0.800. The summed E-state index contributed by atoms with van der Waals surface area (Å²) in [5.74, 6) is -0.358. The molecule has 0 aliphatic carbocycles. The molecule has 1 atom stereocenters. The number of H-pyrrole nitrogens is 1. The fourth-order valence-electron chi connectivity index (χ4n) is 3.56. The van der Waals surface area contributed by atoms with Crippen LogP contribution in [0.1, 0.15) is 19.0 Å². The number of anilines is 2. The Morgan fingerprint density at radius 1 is 1.15 bits per heavy atom. The predicted octanol–water partition coefficient (Wildman–Crippen LogP) is 0.633. The van der Waals surface area contributed by atoms with Gasteiger partial charge in [-0.3, -0.25) is 24.2 Å². The van der Waals surface area contributed by atoms with Crippen molar-refractivity contribution in [3.8, 4) is 11.4 Å². The van der Waals surface area contributed by atoms with Gasteiger partial charge < -0.3 is 10.1 Å². The van der Waals surface area contributed by atoms with Gasteiger partial charge in [0.15, 0.2) is 0 Å². The van der Waals surface area contributed by atoms with Crippen molar-refractivity contribution >= 4 is 29.1 Å². The maximum Gasteiger partial charge on any atom is 0.431 e. The second-order valence-corrected chi connectivity index (χ2v) is 7.39. The van der Waals surface area contributed by atoms with Gasteiger partial charge in [-0.25, -0.2) is 9.69 Å². The number of rotatable bonds is 7. The number of amides is 3. The van der Waals surface area contributed by atoms with Crippen LogP contribution in [0.25, 0.3) is 5.69 Å². The van der Waals surface area contributed by atoms with E-state index in [2.05, 4.69) is 15.9 Å². The molecule has 1 aliphatic rings. The number of imide groups is 1. The van der Waals surface area contributed by atoms with Crippen LogP contribution in [-0.2, 0) is 20.9 Å². The van der Waals surface area contributed by atoms with Gasteiger partial charge in [-0.2, -0.15) is 0 Å². The maximum atomic E-state index is 12.9. The first-order chi connectivity index (χ1) is 15.9. The van der Waals surface area contributed by atoms with Crippen LogP contribution in [0.3, 0.4) is 0 Å². The van der Waals surface area contributed by atoms with Gasteiger partial charge in [-0.05, 0) is 46.4 Å². The minimum Gasteiger partial charge on any atom is -0.497 e. The van der Waals surface area contributed by atoms with E-state index >= 15 is 0 Å². The fraction of sp³-hybridized carbons (Fsp3) is 0.227. The third kappa shape index (κ3) is 4.53. The highest BCUT2D eigenvalue weighted by Crippen LogP contribution is 2.24. The first-order valence-corrected chi connectivity index (χ1v) is 10.1. The number of hydrogen-bond acceptors (Lipinski definition) is 7. The van der Waals surface area contributed by atoms with Gasteiger partial charge in [-0.15, -0.1) is 0 Å². The SMILES string of the molecule is COc1ccc(-[n+]2[nH]oc(=O)c2CNC2CC(=O)N(c3ccc(NC(C)=O)cc3)C2=O)cc1. The molecule has 11 heteroatoms. The van der Waals surface area contributed by atoms with E-state index in [4.69, 9.17) is 9.26 Å². The third-order valence-electron chi connectivity index (χ3n) is 5.17. The summed E-state index contributed by atoms with van der Waals surface area (Å²) in [6.45, 7) is 1.39. The number of carbonyl (C=O) groups is 3. The molecule has 11 nitrogen and oxygen atoms in total. The lowest BCUT2D eigenvalue weighted by atomic mass is 10.2. The van der Waals surface area contributed by atoms with E-state index in [9.17, 15) is 19.2 Å². The van der Waals surface area contributed by atoms with Gasteiger partial charge in [-0.1, -0.05) is 0 Å². The summed E-state index contributed by atoms with van der Waals surface area (Å²) >= 11 is 0. The highest BCUT2D eigenvalue weighted by atomic mass is 16.5. The Balaban J connectivity index is 1.47. The fourth-order valence-corrected chi connectivity index (χ4v) is 3.56. The summed E-state index contributed by atoms with van der Waals surface area (Å²) < 4.78 is 11.5. The molecule has 1 aromatic heterocycles. The van der Waals surface area contributed by atoms with Crippen LogP contribution in [-0.4, -0.2) is 36.1 Å². The normalized spacial score (nSPS) is 15.7. The van der Waals surface area contributed by atoms with Crippen molar-refractivity contribution in [3.63, 3.8) is 0 Å². The van der Waals surface area contributed by atoms with Crippen LogP contribution >= 0.6 is 0 Å². The lowest BCUT2D eigenvalue weighted by Crippen LogP contribution is -2.44. The van der Waals surface area contributed by atoms with Gasteiger partial charge in [0.05, 0.1) is 31.8 Å². The van der Waals surface area contributed by atoms with Crippen molar-refractivity contribution in [3.05, 3.63) is 64.6 Å². The monoisotopic (exact) mass is 452 g/mol. The van der Waals surface area contributed by atoms with Crippen molar-refractivity contribution in [2.75, 3.05) is 17.3 Å². The molecule has 33 heavy (non-hydrogen) atoms. The van der Waals surface area contributed by atoms with Crippen molar-refractivity contribution in [1.29, 1.82) is 0 Å². The number of ether oxygens (including phenoxy) is 1. The Bertz CT molecular complexity index is 1250. The average Bonchev–Trinajstić information content (AvgIpc) is 3.31. The van der Waals surface area contributed by atoms with E-state index in [0.717, 1.165) is 4.90 Å². The van der Waals surface area contributed by atoms with Crippen molar-refractivity contribution in [2.24, 2.45) is 0 Å². The molecule has 0 radical (unpaired) electrons. The number of aromatic nitrogens is 2. The first-order valence-electron chi connectivity index (χ1n) is 10.1. The standard InChI is InChI=1S/C22H21N5O6/c1-13(28)24-14-3-5-15(6-4-14)26-20(29)11-18(21(26)30)23-12-19-22(31)33-25-27(19)16-7-9-17(32-2)10-8-16/h3-10,18,23H,11-12H2,1-2H3,(H-,24,25,28,31)/p+1. The predicted molar refractivity (Wildman–Crippen MR) is 116 cm³/mol. The molecular weight excluding hydrogens is 430 g/mol. The van der Waals surface area contributed by atoms with Crippen LogP contribution in [0.2, 0.25) is 0 Å². The molecule has 0 bridgehead atoms. The molecule has 3 amide bonds.